The molecule has 0 aliphatic heterocycles. The van der Waals surface area contributed by atoms with Crippen LogP contribution in [0.4, 0.5) is 0 Å². The molecule has 0 saturated carbocycles. The average molecular weight is 404 g/mol. The van der Waals surface area contributed by atoms with Crippen molar-refractivity contribution in [2.45, 2.75) is 18.0 Å². The van der Waals surface area contributed by atoms with Gasteiger partial charge in [0, 0.05) is 24.0 Å². The first kappa shape index (κ1) is 19.1. The van der Waals surface area contributed by atoms with E-state index in [0.717, 1.165) is 11.1 Å². The normalized spacial score (nSPS) is 11.3. The second kappa shape index (κ2) is 8.37. The van der Waals surface area contributed by atoms with E-state index < -0.39 is 21.5 Å². The van der Waals surface area contributed by atoms with Crippen LogP contribution in [0.2, 0.25) is 5.02 Å². The van der Waals surface area contributed by atoms with Gasteiger partial charge in [-0.3, -0.25) is 9.48 Å². The van der Waals surface area contributed by atoms with Crippen molar-refractivity contribution >= 4 is 27.3 Å². The minimum atomic E-state index is -3.72. The maximum Gasteiger partial charge on any atom is 0.235 e. The van der Waals surface area contributed by atoms with Gasteiger partial charge in [-0.1, -0.05) is 35.9 Å². The van der Waals surface area contributed by atoms with E-state index in [1.54, 1.807) is 10.9 Å². The molecule has 0 aliphatic carbocycles. The number of hydrogen-bond donors (Lipinski definition) is 1. The van der Waals surface area contributed by atoms with Crippen molar-refractivity contribution in [3.05, 3.63) is 83.1 Å². The van der Waals surface area contributed by atoms with Crippen molar-refractivity contribution < 1.29 is 13.2 Å². The molecule has 1 N–H and O–H groups in total. The lowest BCUT2D eigenvalue weighted by Crippen LogP contribution is -2.30. The van der Waals surface area contributed by atoms with Gasteiger partial charge in [-0.2, -0.15) is 5.10 Å². The predicted molar refractivity (Wildman–Crippen MR) is 103 cm³/mol. The molecular weight excluding hydrogens is 386 g/mol. The predicted octanol–water partition coefficient (Wildman–Crippen LogP) is 2.67. The average Bonchev–Trinajstić information content (AvgIpc) is 3.14. The van der Waals surface area contributed by atoms with E-state index in [0.29, 0.717) is 11.6 Å². The van der Waals surface area contributed by atoms with Crippen LogP contribution in [0.5, 0.6) is 0 Å². The van der Waals surface area contributed by atoms with Gasteiger partial charge >= 0.3 is 0 Å². The van der Waals surface area contributed by atoms with Gasteiger partial charge < -0.3 is 5.32 Å². The number of benzene rings is 2. The Balaban J connectivity index is 1.63. The Morgan fingerprint density at radius 2 is 1.74 bits per heavy atom. The molecule has 1 aromatic heterocycles. The summed E-state index contributed by atoms with van der Waals surface area (Å²) in [5.74, 6) is -1.17. The van der Waals surface area contributed by atoms with E-state index in [-0.39, 0.29) is 11.4 Å². The molecule has 0 unspecified atom stereocenters. The summed E-state index contributed by atoms with van der Waals surface area (Å²) in [4.78, 5) is 12.2. The molecule has 0 bridgehead atoms. The number of carbonyl (C=O) groups is 1. The number of nitrogens with zero attached hydrogens (tertiary/aromatic N) is 2. The first-order valence-electron chi connectivity index (χ1n) is 8.23. The summed E-state index contributed by atoms with van der Waals surface area (Å²) < 4.78 is 26.4. The van der Waals surface area contributed by atoms with Crippen LogP contribution in [0, 0.1) is 0 Å². The Labute approximate surface area is 162 Å². The van der Waals surface area contributed by atoms with Crippen LogP contribution in [0.25, 0.3) is 0 Å². The molecule has 140 valence electrons. The third-order valence-electron chi connectivity index (χ3n) is 3.98. The maximum absolute atomic E-state index is 12.3. The highest BCUT2D eigenvalue weighted by atomic mass is 35.5. The first-order valence-corrected chi connectivity index (χ1v) is 10.3. The van der Waals surface area contributed by atoms with Crippen molar-refractivity contribution in [1.29, 1.82) is 0 Å². The van der Waals surface area contributed by atoms with Crippen LogP contribution in [0.1, 0.15) is 11.1 Å². The molecule has 2 aromatic carbocycles. The van der Waals surface area contributed by atoms with Crippen molar-refractivity contribution in [3.63, 3.8) is 0 Å². The fraction of sp³-hybridized carbons (Fsp3) is 0.158. The molecule has 3 aromatic rings. The Morgan fingerprint density at radius 1 is 1.04 bits per heavy atom. The number of nitrogens with one attached hydrogen (secondary N) is 1. The van der Waals surface area contributed by atoms with Gasteiger partial charge in [-0.05, 0) is 41.5 Å². The van der Waals surface area contributed by atoms with Crippen molar-refractivity contribution in [2.24, 2.45) is 0 Å². The molecule has 3 rings (SSSR count). The van der Waals surface area contributed by atoms with Crippen LogP contribution in [-0.4, -0.2) is 29.9 Å². The van der Waals surface area contributed by atoms with Crippen LogP contribution in [-0.2, 0) is 27.7 Å². The number of carbonyl (C=O) groups excluding carboxylic acids is 1. The van der Waals surface area contributed by atoms with Gasteiger partial charge in [0.05, 0.1) is 11.4 Å². The number of rotatable bonds is 7. The molecule has 0 aliphatic rings. The highest BCUT2D eigenvalue weighted by Crippen LogP contribution is 2.15. The fourth-order valence-electron chi connectivity index (χ4n) is 2.60. The van der Waals surface area contributed by atoms with Crippen molar-refractivity contribution in [2.75, 3.05) is 5.75 Å². The largest absolute Gasteiger partial charge is 0.351 e. The molecule has 0 atom stereocenters. The molecule has 1 heterocycles. The summed E-state index contributed by atoms with van der Waals surface area (Å²) >= 11 is 5.77. The van der Waals surface area contributed by atoms with Crippen molar-refractivity contribution in [1.82, 2.24) is 15.1 Å². The van der Waals surface area contributed by atoms with E-state index in [1.807, 2.05) is 36.5 Å². The Morgan fingerprint density at radius 3 is 2.41 bits per heavy atom. The Bertz CT molecular complexity index is 1020. The Kier molecular flexibility index (Phi) is 5.93. The van der Waals surface area contributed by atoms with Crippen LogP contribution >= 0.6 is 11.6 Å². The molecule has 0 radical (unpaired) electrons. The molecular formula is C19H18ClN3O3S. The molecule has 0 saturated heterocycles. The minimum absolute atomic E-state index is 0.0705. The van der Waals surface area contributed by atoms with E-state index >= 15 is 0 Å². The van der Waals surface area contributed by atoms with Gasteiger partial charge in [0.2, 0.25) is 5.91 Å². The zero-order valence-electron chi connectivity index (χ0n) is 14.4. The number of amides is 1. The van der Waals surface area contributed by atoms with Gasteiger partial charge in [0.1, 0.15) is 5.75 Å². The quantitative estimate of drug-likeness (QED) is 0.657. The Hall–Kier alpha value is -2.64. The topological polar surface area (TPSA) is 81.1 Å². The van der Waals surface area contributed by atoms with Crippen molar-refractivity contribution in [3.8, 4) is 0 Å². The third-order valence-corrected chi connectivity index (χ3v) is 5.86. The van der Waals surface area contributed by atoms with Crippen LogP contribution in [0.15, 0.2) is 71.9 Å². The molecule has 6 nitrogen and oxygen atoms in total. The lowest BCUT2D eigenvalue weighted by molar-refractivity contribution is -0.118. The summed E-state index contributed by atoms with van der Waals surface area (Å²) in [7, 11) is -3.72. The van der Waals surface area contributed by atoms with Gasteiger partial charge in [0.25, 0.3) is 0 Å². The van der Waals surface area contributed by atoms with Gasteiger partial charge in [0.15, 0.2) is 9.84 Å². The number of aromatic nitrogens is 2. The monoisotopic (exact) mass is 403 g/mol. The SMILES string of the molecule is O=C(CS(=O)(=O)c1ccc(Cl)cc1)NCc1ccccc1Cn1cccn1. The molecule has 0 fully saturated rings. The van der Waals surface area contributed by atoms with Gasteiger partial charge in [-0.25, -0.2) is 8.42 Å². The van der Waals surface area contributed by atoms with E-state index in [1.165, 1.54) is 24.3 Å². The van der Waals surface area contributed by atoms with E-state index in [9.17, 15) is 13.2 Å². The summed E-state index contributed by atoms with van der Waals surface area (Å²) in [6.45, 7) is 0.814. The summed E-state index contributed by atoms with van der Waals surface area (Å²) in [5, 5.41) is 7.30. The fourth-order valence-corrected chi connectivity index (χ4v) is 3.89. The standard InChI is InChI=1S/C19H18ClN3O3S/c20-17-6-8-18(9-7-17)27(25,26)14-19(24)21-12-15-4-1-2-5-16(15)13-23-11-3-10-22-23/h1-11H,12-14H2,(H,21,24). The second-order valence-corrected chi connectivity index (χ2v) is 8.39. The zero-order valence-corrected chi connectivity index (χ0v) is 15.9. The van der Waals surface area contributed by atoms with Crippen LogP contribution in [0.3, 0.4) is 0 Å². The summed E-state index contributed by atoms with van der Waals surface area (Å²) in [6.07, 6.45) is 3.56. The van der Waals surface area contributed by atoms with Crippen LogP contribution < -0.4 is 5.32 Å². The maximum atomic E-state index is 12.3. The smallest absolute Gasteiger partial charge is 0.235 e. The van der Waals surface area contributed by atoms with E-state index in [4.69, 9.17) is 11.6 Å². The lowest BCUT2D eigenvalue weighted by Gasteiger charge is -2.11. The molecule has 8 heteroatoms. The molecule has 0 spiro atoms. The lowest BCUT2D eigenvalue weighted by atomic mass is 10.1. The minimum Gasteiger partial charge on any atom is -0.351 e. The highest BCUT2D eigenvalue weighted by Gasteiger charge is 2.19. The van der Waals surface area contributed by atoms with E-state index in [2.05, 4.69) is 10.4 Å². The zero-order chi connectivity index (χ0) is 19.3. The third kappa shape index (κ3) is 5.18. The van der Waals surface area contributed by atoms with Gasteiger partial charge in [-0.15, -0.1) is 0 Å². The highest BCUT2D eigenvalue weighted by molar-refractivity contribution is 7.92. The number of halogens is 1. The molecule has 1 amide bonds. The second-order valence-electron chi connectivity index (χ2n) is 5.96. The number of sulfone groups is 1. The summed E-state index contributed by atoms with van der Waals surface area (Å²) in [6, 6.07) is 15.2. The summed E-state index contributed by atoms with van der Waals surface area (Å²) in [5.41, 5.74) is 1.91. The molecule has 27 heavy (non-hydrogen) atoms. The number of hydrogen-bond acceptors (Lipinski definition) is 4. The first-order chi connectivity index (χ1) is 12.9.